The van der Waals surface area contributed by atoms with Crippen molar-refractivity contribution in [3.8, 4) is 16.3 Å². The third-order valence-corrected chi connectivity index (χ3v) is 4.29. The maximum Gasteiger partial charge on any atom is 0.220 e. The molecule has 0 saturated heterocycles. The predicted molar refractivity (Wildman–Crippen MR) is 90.3 cm³/mol. The van der Waals surface area contributed by atoms with E-state index in [1.54, 1.807) is 18.4 Å². The Morgan fingerprint density at radius 2 is 2.09 bits per heavy atom. The SMILES string of the molecule is CCCCC(=O)NCCc1csc(-c2ccc(OC)cc2)n1. The van der Waals surface area contributed by atoms with Gasteiger partial charge in [-0.05, 0) is 30.7 Å². The molecule has 22 heavy (non-hydrogen) atoms. The summed E-state index contributed by atoms with van der Waals surface area (Å²) in [6, 6.07) is 7.89. The normalized spacial score (nSPS) is 10.5. The van der Waals surface area contributed by atoms with E-state index < -0.39 is 0 Å². The number of thiazole rings is 1. The van der Waals surface area contributed by atoms with Crippen LogP contribution in [0.5, 0.6) is 5.75 Å². The highest BCUT2D eigenvalue weighted by Gasteiger charge is 2.06. The Labute approximate surface area is 135 Å². The smallest absolute Gasteiger partial charge is 0.220 e. The molecular weight excluding hydrogens is 296 g/mol. The Morgan fingerprint density at radius 3 is 2.77 bits per heavy atom. The van der Waals surface area contributed by atoms with Crippen LogP contribution in [0.3, 0.4) is 0 Å². The summed E-state index contributed by atoms with van der Waals surface area (Å²) in [4.78, 5) is 16.2. The summed E-state index contributed by atoms with van der Waals surface area (Å²) >= 11 is 1.62. The lowest BCUT2D eigenvalue weighted by Crippen LogP contribution is -2.25. The number of unbranched alkanes of at least 4 members (excludes halogenated alkanes) is 1. The lowest BCUT2D eigenvalue weighted by molar-refractivity contribution is -0.121. The molecule has 0 saturated carbocycles. The highest BCUT2D eigenvalue weighted by Crippen LogP contribution is 2.25. The largest absolute Gasteiger partial charge is 0.497 e. The fraction of sp³-hybridized carbons (Fsp3) is 0.412. The lowest BCUT2D eigenvalue weighted by atomic mass is 10.2. The molecule has 1 amide bonds. The molecule has 0 radical (unpaired) electrons. The molecule has 0 fully saturated rings. The van der Waals surface area contributed by atoms with Crippen molar-refractivity contribution in [2.24, 2.45) is 0 Å². The first-order chi connectivity index (χ1) is 10.7. The fourth-order valence-electron chi connectivity index (χ4n) is 2.04. The van der Waals surface area contributed by atoms with E-state index in [4.69, 9.17) is 4.74 Å². The molecule has 4 nitrogen and oxygen atoms in total. The molecule has 2 aromatic rings. The van der Waals surface area contributed by atoms with E-state index >= 15 is 0 Å². The van der Waals surface area contributed by atoms with E-state index in [2.05, 4.69) is 22.6 Å². The van der Waals surface area contributed by atoms with E-state index in [9.17, 15) is 4.79 Å². The minimum absolute atomic E-state index is 0.132. The fourth-order valence-corrected chi connectivity index (χ4v) is 2.90. The van der Waals surface area contributed by atoms with Crippen molar-refractivity contribution in [1.82, 2.24) is 10.3 Å². The zero-order valence-electron chi connectivity index (χ0n) is 13.1. The second-order valence-corrected chi connectivity index (χ2v) is 5.93. The molecule has 0 spiro atoms. The Morgan fingerprint density at radius 1 is 1.32 bits per heavy atom. The Bertz CT molecular complexity index is 593. The molecule has 1 aromatic carbocycles. The van der Waals surface area contributed by atoms with Gasteiger partial charge in [-0.2, -0.15) is 0 Å². The zero-order chi connectivity index (χ0) is 15.8. The Kier molecular flexibility index (Phi) is 6.40. The van der Waals surface area contributed by atoms with Crippen molar-refractivity contribution in [2.75, 3.05) is 13.7 Å². The minimum Gasteiger partial charge on any atom is -0.497 e. The molecule has 0 aliphatic carbocycles. The van der Waals surface area contributed by atoms with Crippen LogP contribution in [0, 0.1) is 0 Å². The highest BCUT2D eigenvalue weighted by atomic mass is 32.1. The predicted octanol–water partition coefficient (Wildman–Crippen LogP) is 3.67. The maximum absolute atomic E-state index is 11.5. The monoisotopic (exact) mass is 318 g/mol. The topological polar surface area (TPSA) is 51.2 Å². The number of hydrogen-bond acceptors (Lipinski definition) is 4. The van der Waals surface area contributed by atoms with Gasteiger partial charge in [0.25, 0.3) is 0 Å². The first kappa shape index (κ1) is 16.5. The summed E-state index contributed by atoms with van der Waals surface area (Å²) < 4.78 is 5.16. The molecule has 1 heterocycles. The maximum atomic E-state index is 11.5. The first-order valence-electron chi connectivity index (χ1n) is 7.58. The van der Waals surface area contributed by atoms with Crippen molar-refractivity contribution < 1.29 is 9.53 Å². The molecule has 0 bridgehead atoms. The van der Waals surface area contributed by atoms with E-state index in [1.165, 1.54) is 0 Å². The summed E-state index contributed by atoms with van der Waals surface area (Å²) in [5.41, 5.74) is 2.11. The molecule has 1 aromatic heterocycles. The van der Waals surface area contributed by atoms with Gasteiger partial charge >= 0.3 is 0 Å². The number of hydrogen-bond donors (Lipinski definition) is 1. The van der Waals surface area contributed by atoms with Gasteiger partial charge < -0.3 is 10.1 Å². The highest BCUT2D eigenvalue weighted by molar-refractivity contribution is 7.13. The summed E-state index contributed by atoms with van der Waals surface area (Å²) in [5.74, 6) is 0.975. The molecule has 2 rings (SSSR count). The van der Waals surface area contributed by atoms with Gasteiger partial charge in [0.05, 0.1) is 12.8 Å². The second-order valence-electron chi connectivity index (χ2n) is 5.08. The molecule has 0 aliphatic rings. The average molecular weight is 318 g/mol. The Balaban J connectivity index is 1.84. The number of aromatic nitrogens is 1. The number of nitrogens with zero attached hydrogens (tertiary/aromatic N) is 1. The molecule has 0 atom stereocenters. The van der Waals surface area contributed by atoms with Crippen molar-refractivity contribution in [1.29, 1.82) is 0 Å². The summed E-state index contributed by atoms with van der Waals surface area (Å²) in [6.45, 7) is 2.73. The van der Waals surface area contributed by atoms with Gasteiger partial charge in [-0.15, -0.1) is 11.3 Å². The van der Waals surface area contributed by atoms with E-state index in [0.717, 1.165) is 41.3 Å². The quantitative estimate of drug-likeness (QED) is 0.808. The number of carbonyl (C=O) groups is 1. The average Bonchev–Trinajstić information content (AvgIpc) is 3.02. The van der Waals surface area contributed by atoms with Crippen molar-refractivity contribution in [3.63, 3.8) is 0 Å². The van der Waals surface area contributed by atoms with E-state index in [-0.39, 0.29) is 5.91 Å². The van der Waals surface area contributed by atoms with Crippen LogP contribution in [0.2, 0.25) is 0 Å². The van der Waals surface area contributed by atoms with Crippen LogP contribution in [0.25, 0.3) is 10.6 Å². The van der Waals surface area contributed by atoms with Crippen molar-refractivity contribution >= 4 is 17.2 Å². The lowest BCUT2D eigenvalue weighted by Gasteiger charge is -2.03. The van der Waals surface area contributed by atoms with Gasteiger partial charge in [0.1, 0.15) is 10.8 Å². The van der Waals surface area contributed by atoms with Gasteiger partial charge in [-0.3, -0.25) is 4.79 Å². The molecular formula is C17H22N2O2S. The van der Waals surface area contributed by atoms with Crippen molar-refractivity contribution in [2.45, 2.75) is 32.6 Å². The standard InChI is InChI=1S/C17H22N2O2S/c1-3-4-5-16(20)18-11-10-14-12-22-17(19-14)13-6-8-15(21-2)9-7-13/h6-9,12H,3-5,10-11H2,1-2H3,(H,18,20). The number of ether oxygens (including phenoxy) is 1. The van der Waals surface area contributed by atoms with Gasteiger partial charge in [-0.1, -0.05) is 13.3 Å². The van der Waals surface area contributed by atoms with Gasteiger partial charge in [0.15, 0.2) is 0 Å². The van der Waals surface area contributed by atoms with Crippen molar-refractivity contribution in [3.05, 3.63) is 35.3 Å². The summed E-state index contributed by atoms with van der Waals surface area (Å²) in [5, 5.41) is 5.99. The summed E-state index contributed by atoms with van der Waals surface area (Å²) in [6.07, 6.45) is 3.38. The third-order valence-electron chi connectivity index (χ3n) is 3.35. The van der Waals surface area contributed by atoms with Crippen LogP contribution < -0.4 is 10.1 Å². The minimum atomic E-state index is 0.132. The molecule has 0 aliphatic heterocycles. The van der Waals surface area contributed by atoms with E-state index in [0.29, 0.717) is 13.0 Å². The number of nitrogens with one attached hydrogen (secondary N) is 1. The molecule has 1 N–H and O–H groups in total. The van der Waals surface area contributed by atoms with Crippen LogP contribution in [0.4, 0.5) is 0 Å². The van der Waals surface area contributed by atoms with Crippen LogP contribution in [-0.2, 0) is 11.2 Å². The third kappa shape index (κ3) is 4.84. The first-order valence-corrected chi connectivity index (χ1v) is 8.46. The van der Waals surface area contributed by atoms with E-state index in [1.807, 2.05) is 24.3 Å². The van der Waals surface area contributed by atoms with Gasteiger partial charge in [0, 0.05) is 30.3 Å². The van der Waals surface area contributed by atoms with Crippen LogP contribution in [0.15, 0.2) is 29.6 Å². The van der Waals surface area contributed by atoms with Crippen LogP contribution >= 0.6 is 11.3 Å². The molecule has 0 unspecified atom stereocenters. The van der Waals surface area contributed by atoms with Crippen LogP contribution in [-0.4, -0.2) is 24.5 Å². The number of carbonyl (C=O) groups excluding carboxylic acids is 1. The summed E-state index contributed by atoms with van der Waals surface area (Å²) in [7, 11) is 1.66. The van der Waals surface area contributed by atoms with Gasteiger partial charge in [0.2, 0.25) is 5.91 Å². The van der Waals surface area contributed by atoms with Gasteiger partial charge in [-0.25, -0.2) is 4.98 Å². The molecule has 118 valence electrons. The number of rotatable bonds is 8. The second kappa shape index (κ2) is 8.54. The number of benzene rings is 1. The number of methoxy groups -OCH3 is 1. The Hall–Kier alpha value is -1.88. The number of amides is 1. The molecule has 5 heteroatoms. The zero-order valence-corrected chi connectivity index (χ0v) is 13.9. The van der Waals surface area contributed by atoms with Crippen LogP contribution in [0.1, 0.15) is 31.9 Å².